The van der Waals surface area contributed by atoms with Gasteiger partial charge in [-0.3, -0.25) is 9.59 Å². The van der Waals surface area contributed by atoms with E-state index in [1.165, 1.54) is 11.8 Å². The lowest BCUT2D eigenvalue weighted by molar-refractivity contribution is -0.121. The second kappa shape index (κ2) is 7.79. The first-order chi connectivity index (χ1) is 9.43. The van der Waals surface area contributed by atoms with Gasteiger partial charge in [-0.05, 0) is 37.8 Å². The number of benzene rings is 1. The summed E-state index contributed by atoms with van der Waals surface area (Å²) in [6, 6.07) is 7.12. The van der Waals surface area contributed by atoms with Gasteiger partial charge in [0, 0.05) is 0 Å². The van der Waals surface area contributed by atoms with Crippen LogP contribution in [0.2, 0.25) is 0 Å². The van der Waals surface area contributed by atoms with Crippen LogP contribution in [0.15, 0.2) is 24.3 Å². The van der Waals surface area contributed by atoms with Crippen molar-refractivity contribution in [2.75, 3.05) is 12.9 Å². The topological polar surface area (TPSA) is 81.4 Å². The van der Waals surface area contributed by atoms with E-state index in [1.54, 1.807) is 12.1 Å². The molecular weight excluding hydrogens is 276 g/mol. The molecule has 3 N–H and O–H groups in total. The molecule has 0 saturated carbocycles. The first kappa shape index (κ1) is 16.4. The Hall–Kier alpha value is -1.69. The van der Waals surface area contributed by atoms with E-state index >= 15 is 0 Å². The van der Waals surface area contributed by atoms with E-state index in [2.05, 4.69) is 5.32 Å². The van der Waals surface area contributed by atoms with Crippen LogP contribution in [0, 0.1) is 0 Å². The van der Waals surface area contributed by atoms with Gasteiger partial charge >= 0.3 is 0 Å². The van der Waals surface area contributed by atoms with E-state index in [0.717, 1.165) is 5.56 Å². The molecule has 0 bridgehead atoms. The Bertz CT molecular complexity index is 462. The second-order valence-corrected chi connectivity index (χ2v) is 5.61. The fraction of sp³-hybridized carbons (Fsp3) is 0.429. The van der Waals surface area contributed by atoms with E-state index < -0.39 is 5.91 Å². The molecule has 0 unspecified atom stereocenters. The van der Waals surface area contributed by atoms with Crippen LogP contribution in [0.4, 0.5) is 0 Å². The van der Waals surface area contributed by atoms with Crippen molar-refractivity contribution in [2.24, 2.45) is 5.73 Å². The third-order valence-electron chi connectivity index (χ3n) is 2.84. The molecule has 0 saturated heterocycles. The molecular formula is C14H20N2O3S. The van der Waals surface area contributed by atoms with Crippen LogP contribution in [-0.2, 0) is 9.59 Å². The molecule has 0 aliphatic rings. The van der Waals surface area contributed by atoms with Crippen LogP contribution in [0.1, 0.15) is 25.5 Å². The van der Waals surface area contributed by atoms with Crippen molar-refractivity contribution in [2.45, 2.75) is 25.1 Å². The summed E-state index contributed by atoms with van der Waals surface area (Å²) in [5, 5.41) is 2.87. The van der Waals surface area contributed by atoms with Gasteiger partial charge < -0.3 is 15.8 Å². The minimum atomic E-state index is -0.513. The number of thioether (sulfide) groups is 1. The van der Waals surface area contributed by atoms with E-state index in [9.17, 15) is 9.59 Å². The predicted octanol–water partition coefficient (Wildman–Crippen LogP) is 1.48. The molecule has 5 nitrogen and oxygen atoms in total. The molecule has 20 heavy (non-hydrogen) atoms. The van der Waals surface area contributed by atoms with Gasteiger partial charge in [-0.2, -0.15) is 11.8 Å². The minimum Gasteiger partial charge on any atom is -0.484 e. The van der Waals surface area contributed by atoms with Gasteiger partial charge in [0.25, 0.3) is 5.91 Å². The van der Waals surface area contributed by atoms with Gasteiger partial charge in [0.05, 0.1) is 11.3 Å². The standard InChI is InChI=1S/C14H20N2O3S/c1-9(16-14(18)10(2)20-3)11-4-6-12(7-5-11)19-8-13(15)17/h4-7,9-10H,8H2,1-3H3,(H2,15,17)(H,16,18)/t9-,10-/m1/s1. The third-order valence-corrected chi connectivity index (χ3v) is 3.76. The average molecular weight is 296 g/mol. The van der Waals surface area contributed by atoms with Crippen molar-refractivity contribution in [3.05, 3.63) is 29.8 Å². The van der Waals surface area contributed by atoms with Crippen LogP contribution in [0.25, 0.3) is 0 Å². The number of primary amides is 1. The number of carbonyl (C=O) groups excluding carboxylic acids is 2. The summed E-state index contributed by atoms with van der Waals surface area (Å²) >= 11 is 1.51. The van der Waals surface area contributed by atoms with Crippen LogP contribution in [0.3, 0.4) is 0 Å². The number of ether oxygens (including phenoxy) is 1. The summed E-state index contributed by atoms with van der Waals surface area (Å²) < 4.78 is 5.17. The van der Waals surface area contributed by atoms with E-state index in [1.807, 2.05) is 32.2 Å². The SMILES string of the molecule is CS[C@H](C)C(=O)N[C@H](C)c1ccc(OCC(N)=O)cc1. The maximum Gasteiger partial charge on any atom is 0.255 e. The predicted molar refractivity (Wildman–Crippen MR) is 80.7 cm³/mol. The molecule has 0 heterocycles. The number of rotatable bonds is 7. The molecule has 0 fully saturated rings. The Labute approximate surface area is 123 Å². The van der Waals surface area contributed by atoms with Crippen molar-refractivity contribution in [1.82, 2.24) is 5.32 Å². The van der Waals surface area contributed by atoms with Gasteiger partial charge in [0.15, 0.2) is 6.61 Å². The molecule has 0 spiro atoms. The highest BCUT2D eigenvalue weighted by Crippen LogP contribution is 2.18. The maximum atomic E-state index is 11.8. The number of hydrogen-bond acceptors (Lipinski definition) is 4. The molecule has 6 heteroatoms. The zero-order chi connectivity index (χ0) is 15.1. The largest absolute Gasteiger partial charge is 0.484 e. The van der Waals surface area contributed by atoms with E-state index in [-0.39, 0.29) is 23.8 Å². The fourth-order valence-electron chi connectivity index (χ4n) is 1.53. The highest BCUT2D eigenvalue weighted by Gasteiger charge is 2.14. The molecule has 110 valence electrons. The number of nitrogens with two attached hydrogens (primary N) is 1. The smallest absolute Gasteiger partial charge is 0.255 e. The lowest BCUT2D eigenvalue weighted by Gasteiger charge is -2.17. The highest BCUT2D eigenvalue weighted by molar-refractivity contribution is 7.99. The van der Waals surface area contributed by atoms with Crippen molar-refractivity contribution >= 4 is 23.6 Å². The Kier molecular flexibility index (Phi) is 6.38. The average Bonchev–Trinajstić information content (AvgIpc) is 2.44. The third kappa shape index (κ3) is 5.13. The molecule has 0 aliphatic heterocycles. The van der Waals surface area contributed by atoms with Gasteiger partial charge in [-0.15, -0.1) is 0 Å². The van der Waals surface area contributed by atoms with Crippen molar-refractivity contribution in [1.29, 1.82) is 0 Å². The lowest BCUT2D eigenvalue weighted by Crippen LogP contribution is -2.32. The lowest BCUT2D eigenvalue weighted by atomic mass is 10.1. The molecule has 0 aliphatic carbocycles. The summed E-state index contributed by atoms with van der Waals surface area (Å²) in [6.07, 6.45) is 1.90. The maximum absolute atomic E-state index is 11.8. The Balaban J connectivity index is 2.59. The van der Waals surface area contributed by atoms with Crippen molar-refractivity contribution in [3.63, 3.8) is 0 Å². The van der Waals surface area contributed by atoms with Crippen molar-refractivity contribution in [3.8, 4) is 5.75 Å². The summed E-state index contributed by atoms with van der Waals surface area (Å²) in [7, 11) is 0. The molecule has 1 rings (SSSR count). The summed E-state index contributed by atoms with van der Waals surface area (Å²) in [6.45, 7) is 3.65. The second-order valence-electron chi connectivity index (χ2n) is 4.43. The quantitative estimate of drug-likeness (QED) is 0.798. The molecule has 1 aromatic rings. The van der Waals surface area contributed by atoms with Crippen LogP contribution in [0.5, 0.6) is 5.75 Å². The number of amides is 2. The van der Waals surface area contributed by atoms with Crippen LogP contribution >= 0.6 is 11.8 Å². The van der Waals surface area contributed by atoms with Crippen LogP contribution in [-0.4, -0.2) is 29.9 Å². The normalized spacial score (nSPS) is 13.3. The zero-order valence-electron chi connectivity index (χ0n) is 11.9. The molecule has 2 atom stereocenters. The number of nitrogens with one attached hydrogen (secondary N) is 1. The summed E-state index contributed by atoms with van der Waals surface area (Å²) in [4.78, 5) is 22.4. The van der Waals surface area contributed by atoms with Gasteiger partial charge in [0.1, 0.15) is 5.75 Å². The molecule has 1 aromatic carbocycles. The van der Waals surface area contributed by atoms with Crippen molar-refractivity contribution < 1.29 is 14.3 Å². The fourth-order valence-corrected chi connectivity index (χ4v) is 1.81. The zero-order valence-corrected chi connectivity index (χ0v) is 12.7. The van der Waals surface area contributed by atoms with Gasteiger partial charge in [0.2, 0.25) is 5.91 Å². The summed E-state index contributed by atoms with van der Waals surface area (Å²) in [5.41, 5.74) is 5.97. The monoisotopic (exact) mass is 296 g/mol. The highest BCUT2D eigenvalue weighted by atomic mass is 32.2. The van der Waals surface area contributed by atoms with E-state index in [0.29, 0.717) is 5.75 Å². The summed E-state index contributed by atoms with van der Waals surface area (Å²) in [5.74, 6) is 0.0726. The Morgan fingerprint density at radius 2 is 1.90 bits per heavy atom. The van der Waals surface area contributed by atoms with Crippen LogP contribution < -0.4 is 15.8 Å². The van der Waals surface area contributed by atoms with Gasteiger partial charge in [-0.25, -0.2) is 0 Å². The number of hydrogen-bond donors (Lipinski definition) is 2. The first-order valence-electron chi connectivity index (χ1n) is 6.28. The Morgan fingerprint density at radius 1 is 1.30 bits per heavy atom. The molecule has 0 aromatic heterocycles. The molecule has 0 radical (unpaired) electrons. The molecule has 2 amide bonds. The van der Waals surface area contributed by atoms with E-state index in [4.69, 9.17) is 10.5 Å². The minimum absolute atomic E-state index is 0.0130. The first-order valence-corrected chi connectivity index (χ1v) is 7.57. The Morgan fingerprint density at radius 3 is 2.40 bits per heavy atom. The number of carbonyl (C=O) groups is 2. The van der Waals surface area contributed by atoms with Gasteiger partial charge in [-0.1, -0.05) is 12.1 Å².